The summed E-state index contributed by atoms with van der Waals surface area (Å²) in [5, 5.41) is 6.21. The highest BCUT2D eigenvalue weighted by atomic mass is 16.5. The molecule has 1 atom stereocenters. The first-order chi connectivity index (χ1) is 9.53. The molecular formula is C18H25NO. The lowest BCUT2D eigenvalue weighted by Gasteiger charge is -2.27. The molecule has 0 saturated heterocycles. The minimum absolute atomic E-state index is 0.131. The molecule has 0 aliphatic carbocycles. The van der Waals surface area contributed by atoms with Gasteiger partial charge in [-0.3, -0.25) is 0 Å². The molecule has 0 amide bonds. The van der Waals surface area contributed by atoms with Crippen LogP contribution in [0, 0.1) is 0 Å². The van der Waals surface area contributed by atoms with Crippen LogP contribution in [0.3, 0.4) is 0 Å². The van der Waals surface area contributed by atoms with E-state index in [4.69, 9.17) is 4.74 Å². The maximum Gasteiger partial charge on any atom is 0.0750 e. The van der Waals surface area contributed by atoms with Gasteiger partial charge in [0.1, 0.15) is 0 Å². The van der Waals surface area contributed by atoms with E-state index in [-0.39, 0.29) is 5.60 Å². The SMILES string of the molecule is CCOC(C)(C)CNC(C)c1cccc2ccccc12. The van der Waals surface area contributed by atoms with Crippen LogP contribution in [0.5, 0.6) is 0 Å². The van der Waals surface area contributed by atoms with Gasteiger partial charge in [-0.25, -0.2) is 0 Å². The molecule has 0 radical (unpaired) electrons. The third-order valence-corrected chi connectivity index (χ3v) is 3.66. The lowest BCUT2D eigenvalue weighted by atomic mass is 9.99. The molecule has 0 bridgehead atoms. The van der Waals surface area contributed by atoms with Crippen LogP contribution in [0.4, 0.5) is 0 Å². The molecule has 0 spiro atoms. The first-order valence-electron chi connectivity index (χ1n) is 7.38. The van der Waals surface area contributed by atoms with Gasteiger partial charge in [-0.15, -0.1) is 0 Å². The van der Waals surface area contributed by atoms with Gasteiger partial charge in [0.15, 0.2) is 0 Å². The second-order valence-electron chi connectivity index (χ2n) is 5.86. The maximum atomic E-state index is 5.74. The van der Waals surface area contributed by atoms with Crippen molar-refractivity contribution in [2.75, 3.05) is 13.2 Å². The van der Waals surface area contributed by atoms with Crippen molar-refractivity contribution in [2.45, 2.75) is 39.3 Å². The molecular weight excluding hydrogens is 246 g/mol. The summed E-state index contributed by atoms with van der Waals surface area (Å²) in [7, 11) is 0. The van der Waals surface area contributed by atoms with E-state index in [1.165, 1.54) is 16.3 Å². The van der Waals surface area contributed by atoms with Crippen LogP contribution in [0.1, 0.15) is 39.3 Å². The molecule has 1 unspecified atom stereocenters. The minimum atomic E-state index is -0.131. The van der Waals surface area contributed by atoms with Crippen molar-refractivity contribution >= 4 is 10.8 Å². The highest BCUT2D eigenvalue weighted by molar-refractivity contribution is 5.86. The monoisotopic (exact) mass is 271 g/mol. The molecule has 0 aliphatic heterocycles. The van der Waals surface area contributed by atoms with Crippen molar-refractivity contribution in [3.63, 3.8) is 0 Å². The summed E-state index contributed by atoms with van der Waals surface area (Å²) in [6, 6.07) is 15.3. The lowest BCUT2D eigenvalue weighted by molar-refractivity contribution is -0.0103. The van der Waals surface area contributed by atoms with Crippen molar-refractivity contribution in [3.8, 4) is 0 Å². The predicted octanol–water partition coefficient (Wildman–Crippen LogP) is 4.31. The number of nitrogens with one attached hydrogen (secondary N) is 1. The molecule has 0 aliphatic rings. The van der Waals surface area contributed by atoms with Crippen molar-refractivity contribution < 1.29 is 4.74 Å². The van der Waals surface area contributed by atoms with Gasteiger partial charge in [0.25, 0.3) is 0 Å². The van der Waals surface area contributed by atoms with Gasteiger partial charge in [-0.05, 0) is 44.0 Å². The van der Waals surface area contributed by atoms with Gasteiger partial charge in [-0.1, -0.05) is 42.5 Å². The summed E-state index contributed by atoms with van der Waals surface area (Å²) < 4.78 is 5.74. The second-order valence-corrected chi connectivity index (χ2v) is 5.86. The zero-order chi connectivity index (χ0) is 14.6. The second kappa shape index (κ2) is 6.38. The molecule has 2 nitrogen and oxygen atoms in total. The Hall–Kier alpha value is -1.38. The van der Waals surface area contributed by atoms with Crippen molar-refractivity contribution in [3.05, 3.63) is 48.0 Å². The molecule has 0 fully saturated rings. The number of rotatable bonds is 6. The molecule has 0 aromatic heterocycles. The minimum Gasteiger partial charge on any atom is -0.375 e. The standard InChI is InChI=1S/C18H25NO/c1-5-20-18(3,4)13-19-14(2)16-12-8-10-15-9-6-7-11-17(15)16/h6-12,14,19H,5,13H2,1-4H3. The summed E-state index contributed by atoms with van der Waals surface area (Å²) in [4.78, 5) is 0. The fourth-order valence-corrected chi connectivity index (χ4v) is 2.58. The molecule has 0 saturated carbocycles. The molecule has 2 heteroatoms. The summed E-state index contributed by atoms with van der Waals surface area (Å²) in [5.41, 5.74) is 1.21. The van der Waals surface area contributed by atoms with E-state index in [9.17, 15) is 0 Å². The predicted molar refractivity (Wildman–Crippen MR) is 86.1 cm³/mol. The third-order valence-electron chi connectivity index (χ3n) is 3.66. The molecule has 0 heterocycles. The smallest absolute Gasteiger partial charge is 0.0750 e. The summed E-state index contributed by atoms with van der Waals surface area (Å²) in [6.45, 7) is 10.1. The Morgan fingerprint density at radius 3 is 2.55 bits per heavy atom. The number of hydrogen-bond acceptors (Lipinski definition) is 2. The van der Waals surface area contributed by atoms with E-state index >= 15 is 0 Å². The maximum absolute atomic E-state index is 5.74. The van der Waals surface area contributed by atoms with Gasteiger partial charge in [0.2, 0.25) is 0 Å². The van der Waals surface area contributed by atoms with Crippen LogP contribution in [-0.2, 0) is 4.74 Å². The van der Waals surface area contributed by atoms with E-state index < -0.39 is 0 Å². The van der Waals surface area contributed by atoms with Crippen LogP contribution < -0.4 is 5.32 Å². The molecule has 1 N–H and O–H groups in total. The highest BCUT2D eigenvalue weighted by Gasteiger charge is 2.19. The fraction of sp³-hybridized carbons (Fsp3) is 0.444. The first kappa shape index (κ1) is 15.0. The Labute approximate surface area is 122 Å². The van der Waals surface area contributed by atoms with Gasteiger partial charge in [0, 0.05) is 19.2 Å². The summed E-state index contributed by atoms with van der Waals surface area (Å²) in [5.74, 6) is 0. The van der Waals surface area contributed by atoms with E-state index in [2.05, 4.69) is 68.6 Å². The number of ether oxygens (including phenoxy) is 1. The normalized spacial score (nSPS) is 13.6. The topological polar surface area (TPSA) is 21.3 Å². The van der Waals surface area contributed by atoms with Crippen LogP contribution in [-0.4, -0.2) is 18.8 Å². The molecule has 108 valence electrons. The Kier molecular flexibility index (Phi) is 4.79. The van der Waals surface area contributed by atoms with Crippen molar-refractivity contribution in [2.24, 2.45) is 0 Å². The zero-order valence-corrected chi connectivity index (χ0v) is 12.9. The van der Waals surface area contributed by atoms with Crippen LogP contribution >= 0.6 is 0 Å². The quantitative estimate of drug-likeness (QED) is 0.845. The highest BCUT2D eigenvalue weighted by Crippen LogP contribution is 2.24. The number of fused-ring (bicyclic) bond motifs is 1. The van der Waals surface area contributed by atoms with E-state index in [1.54, 1.807) is 0 Å². The van der Waals surface area contributed by atoms with Crippen LogP contribution in [0.15, 0.2) is 42.5 Å². The fourth-order valence-electron chi connectivity index (χ4n) is 2.58. The van der Waals surface area contributed by atoms with Gasteiger partial charge in [-0.2, -0.15) is 0 Å². The molecule has 2 aromatic carbocycles. The van der Waals surface area contributed by atoms with E-state index in [1.807, 2.05) is 6.92 Å². The van der Waals surface area contributed by atoms with Gasteiger partial charge >= 0.3 is 0 Å². The Bertz CT molecular complexity index is 557. The summed E-state index contributed by atoms with van der Waals surface area (Å²) in [6.07, 6.45) is 0. The Balaban J connectivity index is 2.14. The van der Waals surface area contributed by atoms with Crippen molar-refractivity contribution in [1.29, 1.82) is 0 Å². The van der Waals surface area contributed by atoms with Gasteiger partial charge in [0.05, 0.1) is 5.60 Å². The molecule has 20 heavy (non-hydrogen) atoms. The van der Waals surface area contributed by atoms with E-state index in [0.717, 1.165) is 13.2 Å². The van der Waals surface area contributed by atoms with Crippen LogP contribution in [0.2, 0.25) is 0 Å². The number of benzene rings is 2. The summed E-state index contributed by atoms with van der Waals surface area (Å²) >= 11 is 0. The molecule has 2 rings (SSSR count). The van der Waals surface area contributed by atoms with E-state index in [0.29, 0.717) is 6.04 Å². The number of hydrogen-bond donors (Lipinski definition) is 1. The third kappa shape index (κ3) is 3.59. The Morgan fingerprint density at radius 1 is 1.10 bits per heavy atom. The van der Waals surface area contributed by atoms with Crippen molar-refractivity contribution in [1.82, 2.24) is 5.32 Å². The zero-order valence-electron chi connectivity index (χ0n) is 12.9. The average molecular weight is 271 g/mol. The van der Waals surface area contributed by atoms with Gasteiger partial charge < -0.3 is 10.1 Å². The van der Waals surface area contributed by atoms with Crippen LogP contribution in [0.25, 0.3) is 10.8 Å². The lowest BCUT2D eigenvalue weighted by Crippen LogP contribution is -2.38. The average Bonchev–Trinajstić information content (AvgIpc) is 2.44. The first-order valence-corrected chi connectivity index (χ1v) is 7.38. The molecule has 2 aromatic rings. The Morgan fingerprint density at radius 2 is 1.80 bits per heavy atom. The largest absolute Gasteiger partial charge is 0.375 e.